The fourth-order valence-corrected chi connectivity index (χ4v) is 3.56. The van der Waals surface area contributed by atoms with Gasteiger partial charge in [-0.05, 0) is 35.0 Å². The number of nitrogens with one attached hydrogen (secondary N) is 1. The molecule has 1 unspecified atom stereocenters. The van der Waals surface area contributed by atoms with Crippen LogP contribution in [0.15, 0.2) is 33.6 Å². The monoisotopic (exact) mass is 319 g/mol. The second-order valence-corrected chi connectivity index (χ2v) is 6.13. The number of hydrogen-bond acceptors (Lipinski definition) is 3. The van der Waals surface area contributed by atoms with Crippen LogP contribution in [0.3, 0.4) is 0 Å². The molecule has 1 N–H and O–H groups in total. The van der Waals surface area contributed by atoms with E-state index in [0.29, 0.717) is 10.9 Å². The predicted octanol–water partition coefficient (Wildman–Crippen LogP) is 2.09. The Labute approximate surface area is 110 Å². The number of Topliss-reactive ketones (excluding diaryl/α,β-unsaturated/α-hetero) is 1. The summed E-state index contributed by atoms with van der Waals surface area (Å²) in [7, 11) is -3.66. The predicted molar refractivity (Wildman–Crippen MR) is 69.2 cm³/mol. The molecule has 0 fully saturated rings. The van der Waals surface area contributed by atoms with Crippen LogP contribution in [-0.4, -0.2) is 20.2 Å². The first kappa shape index (κ1) is 14.3. The van der Waals surface area contributed by atoms with Crippen LogP contribution in [-0.2, 0) is 14.8 Å². The van der Waals surface area contributed by atoms with Crippen molar-refractivity contribution in [2.75, 3.05) is 0 Å². The van der Waals surface area contributed by atoms with E-state index in [4.69, 9.17) is 0 Å². The normalized spacial score (nSPS) is 13.4. The highest BCUT2D eigenvalue weighted by atomic mass is 79.9. The molecule has 0 heterocycles. The van der Waals surface area contributed by atoms with Crippen molar-refractivity contribution in [1.29, 1.82) is 0 Å². The molecule has 1 rings (SSSR count). The standard InChI is InChI=1S/C11H14BrNO3S/c1-3-10(14)8(2)13-17(15,16)11-7-5-4-6-9(11)12/h4-8,13H,3H2,1-2H3. The summed E-state index contributed by atoms with van der Waals surface area (Å²) in [6, 6.07) is 5.77. The first-order valence-electron chi connectivity index (χ1n) is 5.18. The topological polar surface area (TPSA) is 63.2 Å². The Bertz CT molecular complexity index is 513. The second kappa shape index (κ2) is 5.75. The minimum Gasteiger partial charge on any atom is -0.298 e. The van der Waals surface area contributed by atoms with Crippen LogP contribution >= 0.6 is 15.9 Å². The van der Waals surface area contributed by atoms with E-state index in [1.54, 1.807) is 32.0 Å². The van der Waals surface area contributed by atoms with E-state index >= 15 is 0 Å². The molecule has 1 atom stereocenters. The molecule has 0 aliphatic heterocycles. The van der Waals surface area contributed by atoms with Gasteiger partial charge in [0.15, 0.2) is 0 Å². The maximum Gasteiger partial charge on any atom is 0.242 e. The van der Waals surface area contributed by atoms with Crippen molar-refractivity contribution in [2.24, 2.45) is 0 Å². The van der Waals surface area contributed by atoms with E-state index in [1.165, 1.54) is 6.07 Å². The van der Waals surface area contributed by atoms with Gasteiger partial charge in [-0.3, -0.25) is 4.79 Å². The van der Waals surface area contributed by atoms with Crippen molar-refractivity contribution >= 4 is 31.7 Å². The van der Waals surface area contributed by atoms with Crippen LogP contribution in [0.5, 0.6) is 0 Å². The average molecular weight is 320 g/mol. The maximum atomic E-state index is 12.0. The number of carbonyl (C=O) groups excluding carboxylic acids is 1. The highest BCUT2D eigenvalue weighted by Crippen LogP contribution is 2.21. The van der Waals surface area contributed by atoms with E-state index in [1.807, 2.05) is 0 Å². The van der Waals surface area contributed by atoms with Crippen molar-refractivity contribution < 1.29 is 13.2 Å². The first-order chi connectivity index (χ1) is 7.88. The number of rotatable bonds is 5. The summed E-state index contributed by atoms with van der Waals surface area (Å²) in [5.41, 5.74) is 0. The number of ketones is 1. The Hall–Kier alpha value is -0.720. The third-order valence-electron chi connectivity index (χ3n) is 2.29. The van der Waals surface area contributed by atoms with Gasteiger partial charge in [0.1, 0.15) is 5.78 Å². The van der Waals surface area contributed by atoms with E-state index in [2.05, 4.69) is 20.7 Å². The molecular weight excluding hydrogens is 306 g/mol. The molecule has 6 heteroatoms. The van der Waals surface area contributed by atoms with Gasteiger partial charge in [-0.1, -0.05) is 19.1 Å². The van der Waals surface area contributed by atoms with E-state index in [-0.39, 0.29) is 10.7 Å². The third kappa shape index (κ3) is 3.62. The largest absolute Gasteiger partial charge is 0.298 e. The molecule has 0 amide bonds. The molecule has 0 bridgehead atoms. The molecule has 0 saturated heterocycles. The molecule has 0 radical (unpaired) electrons. The van der Waals surface area contributed by atoms with Crippen LogP contribution in [0.2, 0.25) is 0 Å². The fraction of sp³-hybridized carbons (Fsp3) is 0.364. The molecule has 1 aromatic carbocycles. The van der Waals surface area contributed by atoms with E-state index in [0.717, 1.165) is 0 Å². The molecule has 0 aromatic heterocycles. The molecule has 4 nitrogen and oxygen atoms in total. The van der Waals surface area contributed by atoms with Gasteiger partial charge in [-0.25, -0.2) is 13.1 Å². The smallest absolute Gasteiger partial charge is 0.242 e. The summed E-state index contributed by atoms with van der Waals surface area (Å²) in [4.78, 5) is 11.5. The fourth-order valence-electron chi connectivity index (χ4n) is 1.33. The van der Waals surface area contributed by atoms with Crippen molar-refractivity contribution in [1.82, 2.24) is 4.72 Å². The molecule has 0 spiro atoms. The van der Waals surface area contributed by atoms with Gasteiger partial charge < -0.3 is 0 Å². The summed E-state index contributed by atoms with van der Waals surface area (Å²) in [5, 5.41) is 0. The summed E-state index contributed by atoms with van der Waals surface area (Å²) in [5.74, 6) is -0.138. The van der Waals surface area contributed by atoms with Crippen molar-refractivity contribution in [3.63, 3.8) is 0 Å². The Kier molecular flexibility index (Phi) is 4.85. The van der Waals surface area contributed by atoms with E-state index in [9.17, 15) is 13.2 Å². The summed E-state index contributed by atoms with van der Waals surface area (Å²) < 4.78 is 26.8. The molecule has 0 saturated carbocycles. The Morgan fingerprint density at radius 3 is 2.53 bits per heavy atom. The number of benzene rings is 1. The van der Waals surface area contributed by atoms with Gasteiger partial charge in [0, 0.05) is 10.9 Å². The van der Waals surface area contributed by atoms with Gasteiger partial charge in [-0.2, -0.15) is 0 Å². The van der Waals surface area contributed by atoms with Gasteiger partial charge >= 0.3 is 0 Å². The Morgan fingerprint density at radius 2 is 2.00 bits per heavy atom. The zero-order chi connectivity index (χ0) is 13.1. The minimum atomic E-state index is -3.66. The summed E-state index contributed by atoms with van der Waals surface area (Å²) in [6.07, 6.45) is 0.305. The zero-order valence-electron chi connectivity index (χ0n) is 9.60. The lowest BCUT2D eigenvalue weighted by molar-refractivity contribution is -0.119. The number of halogens is 1. The lowest BCUT2D eigenvalue weighted by Crippen LogP contribution is -2.38. The Balaban J connectivity index is 2.98. The van der Waals surface area contributed by atoms with E-state index < -0.39 is 16.1 Å². The van der Waals surface area contributed by atoms with Gasteiger partial charge in [0.25, 0.3) is 0 Å². The molecule has 0 aliphatic carbocycles. The Morgan fingerprint density at radius 1 is 1.41 bits per heavy atom. The molecular formula is C11H14BrNO3S. The second-order valence-electron chi connectivity index (χ2n) is 3.59. The van der Waals surface area contributed by atoms with Crippen molar-refractivity contribution in [2.45, 2.75) is 31.2 Å². The SMILES string of the molecule is CCC(=O)C(C)NS(=O)(=O)c1ccccc1Br. The van der Waals surface area contributed by atoms with Crippen LogP contribution in [0, 0.1) is 0 Å². The number of carbonyl (C=O) groups is 1. The van der Waals surface area contributed by atoms with Crippen LogP contribution < -0.4 is 4.72 Å². The highest BCUT2D eigenvalue weighted by molar-refractivity contribution is 9.10. The minimum absolute atomic E-state index is 0.135. The molecule has 1 aromatic rings. The summed E-state index contributed by atoms with van der Waals surface area (Å²) in [6.45, 7) is 3.24. The number of hydrogen-bond donors (Lipinski definition) is 1. The lowest BCUT2D eigenvalue weighted by atomic mass is 10.2. The summed E-state index contributed by atoms with van der Waals surface area (Å²) >= 11 is 3.17. The molecule has 0 aliphatic rings. The van der Waals surface area contributed by atoms with Crippen molar-refractivity contribution in [3.05, 3.63) is 28.7 Å². The number of sulfonamides is 1. The van der Waals surface area contributed by atoms with Gasteiger partial charge in [0.05, 0.1) is 10.9 Å². The van der Waals surface area contributed by atoms with Crippen molar-refractivity contribution in [3.8, 4) is 0 Å². The van der Waals surface area contributed by atoms with Gasteiger partial charge in [0.2, 0.25) is 10.0 Å². The van der Waals surface area contributed by atoms with Crippen LogP contribution in [0.25, 0.3) is 0 Å². The first-order valence-corrected chi connectivity index (χ1v) is 7.45. The van der Waals surface area contributed by atoms with Crippen LogP contribution in [0.4, 0.5) is 0 Å². The third-order valence-corrected chi connectivity index (χ3v) is 4.84. The van der Waals surface area contributed by atoms with Crippen LogP contribution in [0.1, 0.15) is 20.3 Å². The molecule has 94 valence electrons. The maximum absolute atomic E-state index is 12.0. The average Bonchev–Trinajstić information content (AvgIpc) is 2.27. The zero-order valence-corrected chi connectivity index (χ0v) is 12.0. The highest BCUT2D eigenvalue weighted by Gasteiger charge is 2.22. The molecule has 17 heavy (non-hydrogen) atoms. The quantitative estimate of drug-likeness (QED) is 0.904. The lowest BCUT2D eigenvalue weighted by Gasteiger charge is -2.13. The van der Waals surface area contributed by atoms with Gasteiger partial charge in [-0.15, -0.1) is 0 Å².